The zero-order valence-corrected chi connectivity index (χ0v) is 10.1. The fraction of sp³-hybridized carbons (Fsp3) is 0.308. The van der Waals surface area contributed by atoms with Crippen LogP contribution in [0.5, 0.6) is 0 Å². The fourth-order valence-corrected chi connectivity index (χ4v) is 1.71. The van der Waals surface area contributed by atoms with Crippen LogP contribution < -0.4 is 0 Å². The maximum Gasteiger partial charge on any atom is 0.416 e. The van der Waals surface area contributed by atoms with Crippen LogP contribution in [-0.2, 0) is 12.6 Å². The molecule has 19 heavy (non-hydrogen) atoms. The first-order chi connectivity index (χ1) is 8.88. The summed E-state index contributed by atoms with van der Waals surface area (Å²) in [6, 6.07) is 5.27. The van der Waals surface area contributed by atoms with Crippen molar-refractivity contribution >= 4 is 0 Å². The molecule has 1 aromatic heterocycles. The summed E-state index contributed by atoms with van der Waals surface area (Å²) in [5, 5.41) is 9.27. The number of benzene rings is 1. The van der Waals surface area contributed by atoms with Crippen LogP contribution in [0.2, 0.25) is 0 Å². The number of rotatable bonds is 3. The quantitative estimate of drug-likeness (QED) is 0.931. The van der Waals surface area contributed by atoms with E-state index < -0.39 is 17.8 Å². The molecule has 1 heterocycles. The third-order valence-electron chi connectivity index (χ3n) is 2.65. The van der Waals surface area contributed by atoms with Crippen LogP contribution in [0.4, 0.5) is 13.2 Å². The summed E-state index contributed by atoms with van der Waals surface area (Å²) in [7, 11) is 0. The topological polar surface area (TPSA) is 46.3 Å². The highest BCUT2D eigenvalue weighted by Crippen LogP contribution is 2.32. The Kier molecular flexibility index (Phi) is 3.61. The molecule has 0 saturated heterocycles. The molecule has 0 amide bonds. The zero-order chi connectivity index (χ0) is 14.0. The zero-order valence-electron chi connectivity index (χ0n) is 10.1. The number of hydrogen-bond donors (Lipinski definition) is 1. The van der Waals surface area contributed by atoms with Crippen LogP contribution in [0, 0.1) is 0 Å². The standard InChI is InChI=1S/C13H12F3NO2/c1-8(18)11-7-17-12(19-11)6-9-4-2-3-5-10(9)13(14,15)16/h2-5,7-8,18H,6H2,1H3. The Morgan fingerprint density at radius 3 is 2.58 bits per heavy atom. The fourth-order valence-electron chi connectivity index (χ4n) is 1.71. The van der Waals surface area contributed by atoms with Crippen molar-refractivity contribution < 1.29 is 22.7 Å². The highest BCUT2D eigenvalue weighted by atomic mass is 19.4. The van der Waals surface area contributed by atoms with Gasteiger partial charge in [-0.25, -0.2) is 4.98 Å². The smallest absolute Gasteiger partial charge is 0.416 e. The van der Waals surface area contributed by atoms with E-state index in [1.54, 1.807) is 0 Å². The molecule has 102 valence electrons. The van der Waals surface area contributed by atoms with Gasteiger partial charge in [-0.05, 0) is 18.6 Å². The van der Waals surface area contributed by atoms with Crippen LogP contribution in [-0.4, -0.2) is 10.1 Å². The Hall–Kier alpha value is -1.82. The molecule has 0 fully saturated rings. The molecule has 0 aliphatic carbocycles. The SMILES string of the molecule is CC(O)c1cnc(Cc2ccccc2C(F)(F)F)o1. The van der Waals surface area contributed by atoms with Crippen molar-refractivity contribution in [2.24, 2.45) is 0 Å². The molecule has 0 radical (unpaired) electrons. The highest BCUT2D eigenvalue weighted by molar-refractivity contribution is 5.31. The van der Waals surface area contributed by atoms with E-state index in [9.17, 15) is 18.3 Å². The number of oxazole rings is 1. The molecule has 2 aromatic rings. The van der Waals surface area contributed by atoms with Gasteiger partial charge in [-0.1, -0.05) is 18.2 Å². The van der Waals surface area contributed by atoms with Gasteiger partial charge in [0.2, 0.25) is 0 Å². The van der Waals surface area contributed by atoms with E-state index in [2.05, 4.69) is 4.98 Å². The van der Waals surface area contributed by atoms with E-state index in [1.807, 2.05) is 0 Å². The van der Waals surface area contributed by atoms with Crippen LogP contribution in [0.3, 0.4) is 0 Å². The van der Waals surface area contributed by atoms with E-state index in [0.717, 1.165) is 6.07 Å². The summed E-state index contributed by atoms with van der Waals surface area (Å²) in [5.74, 6) is 0.382. The summed E-state index contributed by atoms with van der Waals surface area (Å²) in [4.78, 5) is 3.86. The summed E-state index contributed by atoms with van der Waals surface area (Å²) in [6.07, 6.45) is -3.99. The van der Waals surface area contributed by atoms with Gasteiger partial charge in [-0.3, -0.25) is 0 Å². The van der Waals surface area contributed by atoms with Gasteiger partial charge in [-0.15, -0.1) is 0 Å². The van der Waals surface area contributed by atoms with Crippen LogP contribution in [0.25, 0.3) is 0 Å². The summed E-state index contributed by atoms with van der Waals surface area (Å²) < 4.78 is 43.6. The Bertz CT molecular complexity index is 561. The van der Waals surface area contributed by atoms with E-state index in [1.165, 1.54) is 31.3 Å². The van der Waals surface area contributed by atoms with Crippen LogP contribution >= 0.6 is 0 Å². The van der Waals surface area contributed by atoms with Crippen molar-refractivity contribution in [3.05, 3.63) is 53.2 Å². The van der Waals surface area contributed by atoms with Crippen molar-refractivity contribution in [1.29, 1.82) is 0 Å². The molecular formula is C13H12F3NO2. The van der Waals surface area contributed by atoms with Gasteiger partial charge in [0, 0.05) is 6.42 Å². The normalized spacial score (nSPS) is 13.5. The van der Waals surface area contributed by atoms with Crippen molar-refractivity contribution in [2.75, 3.05) is 0 Å². The first kappa shape index (κ1) is 13.6. The highest BCUT2D eigenvalue weighted by Gasteiger charge is 2.33. The Morgan fingerprint density at radius 2 is 2.00 bits per heavy atom. The minimum Gasteiger partial charge on any atom is -0.443 e. The number of aliphatic hydroxyl groups is 1. The van der Waals surface area contributed by atoms with Gasteiger partial charge < -0.3 is 9.52 Å². The third-order valence-corrected chi connectivity index (χ3v) is 2.65. The van der Waals surface area contributed by atoms with E-state index >= 15 is 0 Å². The number of nitrogens with zero attached hydrogens (tertiary/aromatic N) is 1. The Morgan fingerprint density at radius 1 is 1.32 bits per heavy atom. The first-order valence-corrected chi connectivity index (χ1v) is 5.65. The average molecular weight is 271 g/mol. The lowest BCUT2D eigenvalue weighted by atomic mass is 10.0. The molecule has 0 bridgehead atoms. The number of alkyl halides is 3. The maximum atomic E-state index is 12.8. The number of halogens is 3. The number of aliphatic hydroxyl groups excluding tert-OH is 1. The van der Waals surface area contributed by atoms with E-state index in [0.29, 0.717) is 0 Å². The van der Waals surface area contributed by atoms with Gasteiger partial charge in [-0.2, -0.15) is 13.2 Å². The minimum atomic E-state index is -4.41. The molecule has 0 saturated carbocycles. The number of aromatic nitrogens is 1. The Balaban J connectivity index is 2.28. The monoisotopic (exact) mass is 271 g/mol. The molecule has 0 aliphatic rings. The second-order valence-corrected chi connectivity index (χ2v) is 4.16. The van der Waals surface area contributed by atoms with Gasteiger partial charge in [0.1, 0.15) is 6.10 Å². The van der Waals surface area contributed by atoms with E-state index in [4.69, 9.17) is 4.42 Å². The molecule has 0 aliphatic heterocycles. The summed E-state index contributed by atoms with van der Waals surface area (Å²) in [5.41, 5.74) is -0.610. The largest absolute Gasteiger partial charge is 0.443 e. The van der Waals surface area contributed by atoms with Crippen molar-refractivity contribution in [2.45, 2.75) is 25.6 Å². The maximum absolute atomic E-state index is 12.8. The average Bonchev–Trinajstić information content (AvgIpc) is 2.77. The molecule has 6 heteroatoms. The minimum absolute atomic E-state index is 0.0671. The van der Waals surface area contributed by atoms with Crippen LogP contribution in [0.15, 0.2) is 34.9 Å². The second-order valence-electron chi connectivity index (χ2n) is 4.16. The lowest BCUT2D eigenvalue weighted by molar-refractivity contribution is -0.138. The van der Waals surface area contributed by atoms with Crippen molar-refractivity contribution in [3.63, 3.8) is 0 Å². The van der Waals surface area contributed by atoms with Crippen molar-refractivity contribution in [3.8, 4) is 0 Å². The lowest BCUT2D eigenvalue weighted by Crippen LogP contribution is -2.09. The predicted octanol–water partition coefficient (Wildman–Crippen LogP) is 3.34. The molecule has 0 spiro atoms. The number of hydrogen-bond acceptors (Lipinski definition) is 3. The summed E-state index contributed by atoms with van der Waals surface area (Å²) in [6.45, 7) is 1.49. The van der Waals surface area contributed by atoms with Gasteiger partial charge in [0.15, 0.2) is 11.7 Å². The molecule has 2 rings (SSSR count). The van der Waals surface area contributed by atoms with Gasteiger partial charge in [0.05, 0.1) is 11.8 Å². The first-order valence-electron chi connectivity index (χ1n) is 5.65. The molecule has 1 atom stereocenters. The molecule has 3 nitrogen and oxygen atoms in total. The summed E-state index contributed by atoms with van der Waals surface area (Å²) >= 11 is 0. The van der Waals surface area contributed by atoms with E-state index in [-0.39, 0.29) is 23.6 Å². The molecule has 1 unspecified atom stereocenters. The van der Waals surface area contributed by atoms with Crippen LogP contribution in [0.1, 0.15) is 35.8 Å². The molecular weight excluding hydrogens is 259 g/mol. The van der Waals surface area contributed by atoms with Gasteiger partial charge >= 0.3 is 6.18 Å². The Labute approximate surface area is 107 Å². The lowest BCUT2D eigenvalue weighted by Gasteiger charge is -2.11. The third kappa shape index (κ3) is 3.14. The second kappa shape index (κ2) is 5.05. The van der Waals surface area contributed by atoms with Gasteiger partial charge in [0.25, 0.3) is 0 Å². The predicted molar refractivity (Wildman–Crippen MR) is 61.4 cm³/mol. The molecule has 1 N–H and O–H groups in total. The molecule has 1 aromatic carbocycles. The van der Waals surface area contributed by atoms with Crippen molar-refractivity contribution in [1.82, 2.24) is 4.98 Å².